The number of furan rings is 1. The number of rotatable bonds is 5. The lowest BCUT2D eigenvalue weighted by Crippen LogP contribution is -2.40. The largest absolute Gasteiger partial charge is 0.496 e. The number of allylic oxidation sites excluding steroid dienone is 1. The molecule has 0 bridgehead atoms. The van der Waals surface area contributed by atoms with Gasteiger partial charge in [0.05, 0.1) is 35.6 Å². The molecular formula is C28H20ClF3N2O5S. The summed E-state index contributed by atoms with van der Waals surface area (Å²) in [6.45, 7) is 1.64. The summed E-state index contributed by atoms with van der Waals surface area (Å²) in [5.41, 5.74) is -0.0703. The highest BCUT2D eigenvalue weighted by Gasteiger charge is 2.35. The number of hydrogen-bond acceptors (Lipinski definition) is 7. The molecule has 40 heavy (non-hydrogen) atoms. The molecule has 206 valence electrons. The highest BCUT2D eigenvalue weighted by molar-refractivity contribution is 7.07. The summed E-state index contributed by atoms with van der Waals surface area (Å²) in [4.78, 5) is 31.4. The zero-order valence-corrected chi connectivity index (χ0v) is 22.8. The van der Waals surface area contributed by atoms with E-state index in [0.29, 0.717) is 26.8 Å². The van der Waals surface area contributed by atoms with Crippen molar-refractivity contribution in [3.63, 3.8) is 0 Å². The van der Waals surface area contributed by atoms with E-state index in [0.717, 1.165) is 23.5 Å². The Hall–Kier alpha value is -4.09. The summed E-state index contributed by atoms with van der Waals surface area (Å²) in [7, 11) is 2.70. The van der Waals surface area contributed by atoms with Crippen LogP contribution in [0.15, 0.2) is 80.1 Å². The quantitative estimate of drug-likeness (QED) is 0.294. The minimum absolute atomic E-state index is 0.145. The normalized spacial score (nSPS) is 15.6. The Kier molecular flexibility index (Phi) is 7.19. The van der Waals surface area contributed by atoms with Crippen molar-refractivity contribution in [2.45, 2.75) is 19.1 Å². The van der Waals surface area contributed by atoms with Crippen molar-refractivity contribution in [3.05, 3.63) is 107 Å². The standard InChI is InChI=1S/C28H20ClF3N2O5S/c1-14-23(26(36)38-3)24(19-12-17(29)7-9-21(19)37-2)34-25(35)22(40-27(34)33-14)13-18-8-10-20(39-18)15-5-4-6-16(11-15)28(30,31)32/h4-13,24H,1-3H3/b22-13-/t24-/m1/s1. The van der Waals surface area contributed by atoms with Gasteiger partial charge in [-0.3, -0.25) is 9.36 Å². The van der Waals surface area contributed by atoms with Crippen LogP contribution in [0.2, 0.25) is 5.02 Å². The maximum atomic E-state index is 13.7. The van der Waals surface area contributed by atoms with Crippen LogP contribution in [0.4, 0.5) is 13.2 Å². The van der Waals surface area contributed by atoms with E-state index >= 15 is 0 Å². The molecule has 0 unspecified atom stereocenters. The lowest BCUT2D eigenvalue weighted by atomic mass is 9.95. The number of carbonyl (C=O) groups is 1. The number of benzene rings is 2. The first-order valence-corrected chi connectivity index (χ1v) is 12.9. The average molecular weight is 589 g/mol. The zero-order chi connectivity index (χ0) is 28.8. The van der Waals surface area contributed by atoms with Gasteiger partial charge in [0, 0.05) is 22.2 Å². The maximum Gasteiger partial charge on any atom is 0.416 e. The molecule has 4 aromatic rings. The van der Waals surface area contributed by atoms with Crippen LogP contribution < -0.4 is 19.6 Å². The summed E-state index contributed by atoms with van der Waals surface area (Å²) in [5.74, 6) is 0.185. The van der Waals surface area contributed by atoms with Crippen molar-refractivity contribution in [2.75, 3.05) is 14.2 Å². The van der Waals surface area contributed by atoms with Crippen LogP contribution in [0.3, 0.4) is 0 Å². The Balaban J connectivity index is 1.65. The van der Waals surface area contributed by atoms with Crippen molar-refractivity contribution >= 4 is 35.0 Å². The molecule has 2 aromatic carbocycles. The van der Waals surface area contributed by atoms with Gasteiger partial charge in [-0.05, 0) is 49.4 Å². The van der Waals surface area contributed by atoms with E-state index < -0.39 is 29.3 Å². The monoisotopic (exact) mass is 588 g/mol. The van der Waals surface area contributed by atoms with Crippen LogP contribution in [0, 0.1) is 0 Å². The van der Waals surface area contributed by atoms with Crippen LogP contribution >= 0.6 is 22.9 Å². The molecule has 0 aliphatic carbocycles. The van der Waals surface area contributed by atoms with E-state index in [1.54, 1.807) is 31.2 Å². The number of hydrogen-bond donors (Lipinski definition) is 0. The lowest BCUT2D eigenvalue weighted by Gasteiger charge is -2.25. The molecule has 3 heterocycles. The fourth-order valence-corrected chi connectivity index (χ4v) is 5.68. The number of alkyl halides is 3. The van der Waals surface area contributed by atoms with Crippen molar-refractivity contribution < 1.29 is 31.9 Å². The number of halogens is 4. The Morgan fingerprint density at radius 1 is 1.15 bits per heavy atom. The molecule has 0 saturated heterocycles. The second-order valence-electron chi connectivity index (χ2n) is 8.74. The van der Waals surface area contributed by atoms with Crippen LogP contribution in [0.1, 0.15) is 29.9 Å². The third kappa shape index (κ3) is 4.98. The number of fused-ring (bicyclic) bond motifs is 1. The van der Waals surface area contributed by atoms with E-state index in [1.807, 2.05) is 0 Å². The highest BCUT2D eigenvalue weighted by Crippen LogP contribution is 2.37. The molecule has 7 nitrogen and oxygen atoms in total. The van der Waals surface area contributed by atoms with Crippen LogP contribution in [0.25, 0.3) is 17.4 Å². The Morgan fingerprint density at radius 2 is 1.93 bits per heavy atom. The number of methoxy groups -OCH3 is 2. The van der Waals surface area contributed by atoms with Crippen molar-refractivity contribution in [1.29, 1.82) is 0 Å². The maximum absolute atomic E-state index is 13.7. The molecule has 0 amide bonds. The number of esters is 1. The average Bonchev–Trinajstić information content (AvgIpc) is 3.51. The number of aromatic nitrogens is 1. The Morgan fingerprint density at radius 3 is 2.62 bits per heavy atom. The van der Waals surface area contributed by atoms with Gasteiger partial charge in [0.15, 0.2) is 4.80 Å². The molecule has 0 spiro atoms. The SMILES string of the molecule is COC(=O)C1=C(C)N=c2s/c(=C\c3ccc(-c4cccc(C(F)(F)F)c4)o3)c(=O)n2[C@@H]1c1cc(Cl)ccc1OC. The lowest BCUT2D eigenvalue weighted by molar-refractivity contribution is -0.138. The second-order valence-corrected chi connectivity index (χ2v) is 10.2. The Bertz CT molecular complexity index is 1850. The van der Waals surface area contributed by atoms with Crippen LogP contribution in [-0.2, 0) is 15.7 Å². The highest BCUT2D eigenvalue weighted by atomic mass is 35.5. The fraction of sp³-hybridized carbons (Fsp3) is 0.179. The van der Waals surface area contributed by atoms with Gasteiger partial charge in [0.25, 0.3) is 5.56 Å². The van der Waals surface area contributed by atoms with Crippen molar-refractivity contribution in [1.82, 2.24) is 4.57 Å². The number of ether oxygens (including phenoxy) is 2. The minimum atomic E-state index is -4.50. The molecule has 1 aliphatic rings. The fourth-order valence-electron chi connectivity index (χ4n) is 4.47. The minimum Gasteiger partial charge on any atom is -0.496 e. The third-order valence-electron chi connectivity index (χ3n) is 6.29. The number of carbonyl (C=O) groups excluding carboxylic acids is 1. The molecule has 1 aliphatic heterocycles. The van der Waals surface area contributed by atoms with E-state index in [4.69, 9.17) is 25.5 Å². The Labute approximate surface area is 234 Å². The van der Waals surface area contributed by atoms with Crippen molar-refractivity contribution in [2.24, 2.45) is 4.99 Å². The van der Waals surface area contributed by atoms with Gasteiger partial charge in [-0.15, -0.1) is 0 Å². The summed E-state index contributed by atoms with van der Waals surface area (Å²) in [6.07, 6.45) is -3.02. The molecule has 1 atom stereocenters. The predicted molar refractivity (Wildman–Crippen MR) is 143 cm³/mol. The first kappa shape index (κ1) is 27.5. The second kappa shape index (κ2) is 10.5. The molecule has 12 heteroatoms. The summed E-state index contributed by atoms with van der Waals surface area (Å²) < 4.78 is 57.4. The van der Waals surface area contributed by atoms with Gasteiger partial charge in [0.2, 0.25) is 0 Å². The number of nitrogens with zero attached hydrogens (tertiary/aromatic N) is 2. The molecule has 0 radical (unpaired) electrons. The van der Waals surface area contributed by atoms with E-state index in [-0.39, 0.29) is 27.2 Å². The molecule has 0 N–H and O–H groups in total. The van der Waals surface area contributed by atoms with Gasteiger partial charge < -0.3 is 13.9 Å². The first-order chi connectivity index (χ1) is 19.0. The van der Waals surface area contributed by atoms with Gasteiger partial charge in [-0.2, -0.15) is 13.2 Å². The smallest absolute Gasteiger partial charge is 0.416 e. The van der Waals surface area contributed by atoms with E-state index in [9.17, 15) is 22.8 Å². The van der Waals surface area contributed by atoms with Gasteiger partial charge in [-0.25, -0.2) is 9.79 Å². The van der Waals surface area contributed by atoms with Gasteiger partial charge in [0.1, 0.15) is 23.3 Å². The number of thiazole rings is 1. The summed E-state index contributed by atoms with van der Waals surface area (Å²) in [6, 6.07) is 11.8. The van der Waals surface area contributed by atoms with Crippen LogP contribution in [0.5, 0.6) is 5.75 Å². The van der Waals surface area contributed by atoms with Crippen molar-refractivity contribution in [3.8, 4) is 17.1 Å². The van der Waals surface area contributed by atoms with E-state index in [1.165, 1.54) is 43.1 Å². The molecule has 0 fully saturated rings. The summed E-state index contributed by atoms with van der Waals surface area (Å²) >= 11 is 7.35. The molecular weight excluding hydrogens is 569 g/mol. The van der Waals surface area contributed by atoms with Gasteiger partial charge in [-0.1, -0.05) is 35.1 Å². The molecule has 5 rings (SSSR count). The topological polar surface area (TPSA) is 83.0 Å². The van der Waals surface area contributed by atoms with Crippen LogP contribution in [-0.4, -0.2) is 24.8 Å². The molecule has 0 saturated carbocycles. The van der Waals surface area contributed by atoms with Gasteiger partial charge >= 0.3 is 12.1 Å². The third-order valence-corrected chi connectivity index (χ3v) is 7.51. The predicted octanol–water partition coefficient (Wildman–Crippen LogP) is 5.35. The first-order valence-electron chi connectivity index (χ1n) is 11.7. The molecule has 2 aromatic heterocycles. The summed E-state index contributed by atoms with van der Waals surface area (Å²) in [5, 5.41) is 0.370. The zero-order valence-electron chi connectivity index (χ0n) is 21.2. The van der Waals surface area contributed by atoms with E-state index in [2.05, 4.69) is 4.99 Å².